The SMILES string of the molecule is O=C(COC(=O)c1ccc2c(c1)CCC2)Nc1cccc(Cl)c1Cl. The lowest BCUT2D eigenvalue weighted by Gasteiger charge is -2.09. The Labute approximate surface area is 149 Å². The lowest BCUT2D eigenvalue weighted by Crippen LogP contribution is -2.21. The van der Waals surface area contributed by atoms with Crippen molar-refractivity contribution in [3.63, 3.8) is 0 Å². The first kappa shape index (κ1) is 16.8. The van der Waals surface area contributed by atoms with E-state index in [0.29, 0.717) is 16.3 Å². The average Bonchev–Trinajstić information content (AvgIpc) is 3.04. The fourth-order valence-electron chi connectivity index (χ4n) is 2.70. The summed E-state index contributed by atoms with van der Waals surface area (Å²) in [6, 6.07) is 10.4. The van der Waals surface area contributed by atoms with E-state index in [-0.39, 0.29) is 5.02 Å². The van der Waals surface area contributed by atoms with Crippen molar-refractivity contribution in [1.82, 2.24) is 0 Å². The third-order valence-electron chi connectivity index (χ3n) is 3.89. The molecule has 0 bridgehead atoms. The van der Waals surface area contributed by atoms with E-state index < -0.39 is 18.5 Å². The number of carbonyl (C=O) groups is 2. The number of aryl methyl sites for hydroxylation is 2. The quantitative estimate of drug-likeness (QED) is 0.824. The zero-order valence-electron chi connectivity index (χ0n) is 12.8. The number of fused-ring (bicyclic) bond motifs is 1. The predicted molar refractivity (Wildman–Crippen MR) is 93.8 cm³/mol. The van der Waals surface area contributed by atoms with Crippen LogP contribution in [0.15, 0.2) is 36.4 Å². The second-order valence-corrected chi connectivity index (χ2v) is 6.35. The lowest BCUT2D eigenvalue weighted by molar-refractivity contribution is -0.119. The molecule has 0 atom stereocenters. The predicted octanol–water partition coefficient (Wildman–Crippen LogP) is 4.28. The number of halogens is 2. The van der Waals surface area contributed by atoms with Crippen LogP contribution in [0.5, 0.6) is 0 Å². The Morgan fingerprint density at radius 3 is 2.71 bits per heavy atom. The number of esters is 1. The van der Waals surface area contributed by atoms with Gasteiger partial charge in [0.1, 0.15) is 0 Å². The number of amides is 1. The van der Waals surface area contributed by atoms with Gasteiger partial charge >= 0.3 is 5.97 Å². The first-order valence-electron chi connectivity index (χ1n) is 7.57. The van der Waals surface area contributed by atoms with Crippen LogP contribution in [0.3, 0.4) is 0 Å². The molecule has 24 heavy (non-hydrogen) atoms. The van der Waals surface area contributed by atoms with E-state index in [2.05, 4.69) is 5.32 Å². The van der Waals surface area contributed by atoms with Crippen LogP contribution in [-0.4, -0.2) is 18.5 Å². The van der Waals surface area contributed by atoms with E-state index in [1.807, 2.05) is 12.1 Å². The molecule has 124 valence electrons. The monoisotopic (exact) mass is 363 g/mol. The van der Waals surface area contributed by atoms with Gasteiger partial charge in [-0.3, -0.25) is 4.79 Å². The second kappa shape index (κ2) is 7.24. The van der Waals surface area contributed by atoms with Crippen LogP contribution < -0.4 is 5.32 Å². The molecule has 0 saturated heterocycles. The standard InChI is InChI=1S/C18H15Cl2NO3/c19-14-5-2-6-15(17(14)20)21-16(22)10-24-18(23)13-8-7-11-3-1-4-12(11)9-13/h2,5-9H,1,3-4,10H2,(H,21,22). The fourth-order valence-corrected chi connectivity index (χ4v) is 3.05. The molecular formula is C18H15Cl2NO3. The largest absolute Gasteiger partial charge is 0.452 e. The zero-order valence-corrected chi connectivity index (χ0v) is 14.3. The minimum absolute atomic E-state index is 0.248. The van der Waals surface area contributed by atoms with Crippen molar-refractivity contribution in [2.75, 3.05) is 11.9 Å². The summed E-state index contributed by atoms with van der Waals surface area (Å²) in [5, 5.41) is 3.15. The van der Waals surface area contributed by atoms with Gasteiger partial charge in [-0.15, -0.1) is 0 Å². The number of ether oxygens (including phenoxy) is 1. The summed E-state index contributed by atoms with van der Waals surface area (Å²) in [6.07, 6.45) is 3.13. The molecule has 1 amide bonds. The van der Waals surface area contributed by atoms with Gasteiger partial charge in [-0.05, 0) is 54.7 Å². The van der Waals surface area contributed by atoms with E-state index in [4.69, 9.17) is 27.9 Å². The zero-order chi connectivity index (χ0) is 17.1. The van der Waals surface area contributed by atoms with Crippen molar-refractivity contribution in [2.45, 2.75) is 19.3 Å². The van der Waals surface area contributed by atoms with Gasteiger partial charge in [-0.2, -0.15) is 0 Å². The maximum Gasteiger partial charge on any atom is 0.338 e. The summed E-state index contributed by atoms with van der Waals surface area (Å²) in [5.41, 5.74) is 3.30. The molecule has 0 radical (unpaired) electrons. The number of rotatable bonds is 4. The highest BCUT2D eigenvalue weighted by molar-refractivity contribution is 6.44. The van der Waals surface area contributed by atoms with E-state index in [1.165, 1.54) is 11.1 Å². The van der Waals surface area contributed by atoms with Crippen molar-refractivity contribution in [2.24, 2.45) is 0 Å². The number of hydrogen-bond acceptors (Lipinski definition) is 3. The van der Waals surface area contributed by atoms with Crippen molar-refractivity contribution in [3.8, 4) is 0 Å². The van der Waals surface area contributed by atoms with Crippen LogP contribution in [0, 0.1) is 0 Å². The van der Waals surface area contributed by atoms with Crippen LogP contribution in [0.2, 0.25) is 10.0 Å². The maximum atomic E-state index is 12.1. The molecule has 0 unspecified atom stereocenters. The summed E-state index contributed by atoms with van der Waals surface area (Å²) >= 11 is 11.9. The second-order valence-electron chi connectivity index (χ2n) is 5.56. The minimum Gasteiger partial charge on any atom is -0.452 e. The van der Waals surface area contributed by atoms with Crippen molar-refractivity contribution in [3.05, 3.63) is 63.1 Å². The summed E-state index contributed by atoms with van der Waals surface area (Å²) in [7, 11) is 0. The Morgan fingerprint density at radius 2 is 1.88 bits per heavy atom. The Kier molecular flexibility index (Phi) is 5.07. The normalized spacial score (nSPS) is 12.6. The molecule has 3 rings (SSSR count). The smallest absolute Gasteiger partial charge is 0.338 e. The van der Waals surface area contributed by atoms with E-state index >= 15 is 0 Å². The number of nitrogens with one attached hydrogen (secondary N) is 1. The molecule has 4 nitrogen and oxygen atoms in total. The van der Waals surface area contributed by atoms with Gasteiger partial charge < -0.3 is 10.1 Å². The molecule has 0 aliphatic heterocycles. The Bertz CT molecular complexity index is 805. The van der Waals surface area contributed by atoms with Gasteiger partial charge in [-0.1, -0.05) is 35.3 Å². The molecule has 1 N–H and O–H groups in total. The van der Waals surface area contributed by atoms with Crippen LogP contribution in [0.1, 0.15) is 27.9 Å². The highest BCUT2D eigenvalue weighted by Gasteiger charge is 2.16. The maximum absolute atomic E-state index is 12.1. The number of benzene rings is 2. The third kappa shape index (κ3) is 3.71. The Morgan fingerprint density at radius 1 is 1.08 bits per heavy atom. The van der Waals surface area contributed by atoms with E-state index in [9.17, 15) is 9.59 Å². The molecular weight excluding hydrogens is 349 g/mol. The van der Waals surface area contributed by atoms with Gasteiger partial charge in [0, 0.05) is 0 Å². The van der Waals surface area contributed by atoms with Gasteiger partial charge in [0.25, 0.3) is 5.91 Å². The molecule has 2 aromatic rings. The molecule has 1 aliphatic rings. The number of hydrogen-bond donors (Lipinski definition) is 1. The average molecular weight is 364 g/mol. The summed E-state index contributed by atoms with van der Waals surface area (Å²) in [6.45, 7) is -0.390. The highest BCUT2D eigenvalue weighted by atomic mass is 35.5. The molecule has 0 aromatic heterocycles. The molecule has 1 aliphatic carbocycles. The summed E-state index contributed by atoms with van der Waals surface area (Å²) in [4.78, 5) is 24.0. The lowest BCUT2D eigenvalue weighted by atomic mass is 10.1. The topological polar surface area (TPSA) is 55.4 Å². The van der Waals surface area contributed by atoms with Gasteiger partial charge in [0.15, 0.2) is 6.61 Å². The van der Waals surface area contributed by atoms with Crippen molar-refractivity contribution >= 4 is 40.8 Å². The first-order valence-corrected chi connectivity index (χ1v) is 8.33. The number of anilines is 1. The molecule has 0 saturated carbocycles. The number of carbonyl (C=O) groups excluding carboxylic acids is 2. The third-order valence-corrected chi connectivity index (χ3v) is 4.71. The van der Waals surface area contributed by atoms with Crippen LogP contribution >= 0.6 is 23.2 Å². The van der Waals surface area contributed by atoms with Crippen LogP contribution in [0.25, 0.3) is 0 Å². The first-order chi connectivity index (χ1) is 11.5. The van der Waals surface area contributed by atoms with E-state index in [1.54, 1.807) is 24.3 Å². The van der Waals surface area contributed by atoms with Crippen LogP contribution in [-0.2, 0) is 22.4 Å². The van der Waals surface area contributed by atoms with Crippen molar-refractivity contribution < 1.29 is 14.3 Å². The van der Waals surface area contributed by atoms with E-state index in [0.717, 1.165) is 19.3 Å². The van der Waals surface area contributed by atoms with Gasteiger partial charge in [-0.25, -0.2) is 4.79 Å². The Hall–Kier alpha value is -2.04. The molecule has 0 heterocycles. The van der Waals surface area contributed by atoms with Crippen molar-refractivity contribution in [1.29, 1.82) is 0 Å². The Balaban J connectivity index is 1.58. The van der Waals surface area contributed by atoms with Crippen LogP contribution in [0.4, 0.5) is 5.69 Å². The summed E-state index contributed by atoms with van der Waals surface area (Å²) in [5.74, 6) is -0.995. The molecule has 2 aromatic carbocycles. The molecule has 0 fully saturated rings. The molecule has 0 spiro atoms. The van der Waals surface area contributed by atoms with Gasteiger partial charge in [0.05, 0.1) is 21.3 Å². The minimum atomic E-state index is -0.517. The highest BCUT2D eigenvalue weighted by Crippen LogP contribution is 2.29. The fraction of sp³-hybridized carbons (Fsp3) is 0.222. The summed E-state index contributed by atoms with van der Waals surface area (Å²) < 4.78 is 5.06. The molecule has 6 heteroatoms. The van der Waals surface area contributed by atoms with Gasteiger partial charge in [0.2, 0.25) is 0 Å².